The van der Waals surface area contributed by atoms with E-state index in [1.807, 2.05) is 6.20 Å². The number of hydrogen-bond donors (Lipinski definition) is 1. The Labute approximate surface area is 142 Å². The largest absolute Gasteiger partial charge is 0.342 e. The molecule has 0 saturated heterocycles. The second-order valence-corrected chi connectivity index (χ2v) is 8.97. The predicted molar refractivity (Wildman–Crippen MR) is 100 cm³/mol. The van der Waals surface area contributed by atoms with Crippen molar-refractivity contribution in [2.24, 2.45) is 0 Å². The van der Waals surface area contributed by atoms with E-state index in [4.69, 9.17) is 0 Å². The minimum absolute atomic E-state index is 0. The van der Waals surface area contributed by atoms with Gasteiger partial charge < -0.3 is 4.98 Å². The quantitative estimate of drug-likeness (QED) is 0.708. The van der Waals surface area contributed by atoms with E-state index in [-0.39, 0.29) is 12.3 Å². The van der Waals surface area contributed by atoms with Crippen LogP contribution >= 0.6 is 0 Å². The molecule has 1 aromatic carbocycles. The van der Waals surface area contributed by atoms with Gasteiger partial charge in [-0.3, -0.25) is 0 Å². The van der Waals surface area contributed by atoms with E-state index < -0.39 is 0 Å². The van der Waals surface area contributed by atoms with Crippen molar-refractivity contribution < 1.29 is 1.43 Å². The lowest BCUT2D eigenvalue weighted by atomic mass is 9.76. The van der Waals surface area contributed by atoms with Gasteiger partial charge in [-0.1, -0.05) is 53.7 Å². The van der Waals surface area contributed by atoms with Crippen LogP contribution in [0.3, 0.4) is 0 Å². The summed E-state index contributed by atoms with van der Waals surface area (Å²) in [5.41, 5.74) is 7.46. The van der Waals surface area contributed by atoms with Crippen LogP contribution in [0.25, 0.3) is 11.3 Å². The molecule has 0 aliphatic heterocycles. The van der Waals surface area contributed by atoms with Gasteiger partial charge in [0.25, 0.3) is 0 Å². The highest BCUT2D eigenvalue weighted by Crippen LogP contribution is 2.38. The van der Waals surface area contributed by atoms with Gasteiger partial charge in [0.05, 0.1) is 11.9 Å². The average molecular weight is 313 g/mol. The fourth-order valence-corrected chi connectivity index (χ4v) is 3.66. The zero-order valence-corrected chi connectivity index (χ0v) is 15.5. The Balaban J connectivity index is 0.00000208. The first-order chi connectivity index (χ1) is 10.7. The van der Waals surface area contributed by atoms with Crippen LogP contribution in [0.1, 0.15) is 78.3 Å². The molecule has 2 heteroatoms. The Bertz CT molecular complexity index is 714. The summed E-state index contributed by atoms with van der Waals surface area (Å²) in [7, 11) is 0. The minimum atomic E-state index is 0. The van der Waals surface area contributed by atoms with Gasteiger partial charge in [-0.15, -0.1) is 0 Å². The number of benzene rings is 1. The van der Waals surface area contributed by atoms with Crippen molar-refractivity contribution in [2.75, 3.05) is 0 Å². The Kier molecular flexibility index (Phi) is 3.90. The summed E-state index contributed by atoms with van der Waals surface area (Å²) in [5.74, 6) is 1.07. The smallest absolute Gasteiger partial charge is 0.111 e. The molecule has 0 spiro atoms. The molecule has 1 heterocycles. The molecule has 0 bridgehead atoms. The Morgan fingerprint density at radius 3 is 2.13 bits per heavy atom. The summed E-state index contributed by atoms with van der Waals surface area (Å²) < 4.78 is 0. The van der Waals surface area contributed by atoms with Crippen LogP contribution in [0.4, 0.5) is 0 Å². The van der Waals surface area contributed by atoms with E-state index in [2.05, 4.69) is 63.6 Å². The molecule has 0 amide bonds. The van der Waals surface area contributed by atoms with Crippen molar-refractivity contribution in [2.45, 2.75) is 78.1 Å². The molecule has 0 radical (unpaired) electrons. The first kappa shape index (κ1) is 16.3. The highest BCUT2D eigenvalue weighted by molar-refractivity contribution is 5.67. The average Bonchev–Trinajstić information content (AvgIpc) is 2.94. The van der Waals surface area contributed by atoms with Gasteiger partial charge >= 0.3 is 0 Å². The summed E-state index contributed by atoms with van der Waals surface area (Å²) in [6.07, 6.45) is 7.04. The first-order valence-corrected chi connectivity index (χ1v) is 8.89. The van der Waals surface area contributed by atoms with E-state index in [0.29, 0.717) is 0 Å². The maximum atomic E-state index is 4.63. The molecule has 0 unspecified atom stereocenters. The maximum Gasteiger partial charge on any atom is 0.111 e. The Morgan fingerprint density at radius 2 is 1.57 bits per heavy atom. The molecule has 23 heavy (non-hydrogen) atoms. The number of nitrogens with zero attached hydrogens (tertiary/aromatic N) is 1. The van der Waals surface area contributed by atoms with Crippen LogP contribution in [0.15, 0.2) is 18.3 Å². The van der Waals surface area contributed by atoms with Crippen molar-refractivity contribution in [1.29, 1.82) is 0 Å². The summed E-state index contributed by atoms with van der Waals surface area (Å²) in [4.78, 5) is 8.20. The molecule has 2 aromatic rings. The number of nitrogens with one attached hydrogen (secondary N) is 1. The van der Waals surface area contributed by atoms with Crippen LogP contribution in [0, 0.1) is 0 Å². The Morgan fingerprint density at radius 1 is 0.913 bits per heavy atom. The second-order valence-electron chi connectivity index (χ2n) is 8.97. The predicted octanol–water partition coefficient (Wildman–Crippen LogP) is 5.80. The van der Waals surface area contributed by atoms with Crippen LogP contribution in [-0.4, -0.2) is 9.97 Å². The molecular formula is C21H32N2. The summed E-state index contributed by atoms with van der Waals surface area (Å²) in [6.45, 7) is 13.6. The van der Waals surface area contributed by atoms with Crippen LogP contribution < -0.4 is 0 Å². The highest BCUT2D eigenvalue weighted by Gasteiger charge is 2.25. The Hall–Kier alpha value is -1.57. The third-order valence-electron chi connectivity index (χ3n) is 4.92. The van der Waals surface area contributed by atoms with Gasteiger partial charge in [-0.05, 0) is 47.8 Å². The van der Waals surface area contributed by atoms with Crippen molar-refractivity contribution >= 4 is 0 Å². The van der Waals surface area contributed by atoms with Crippen LogP contribution in [0.2, 0.25) is 0 Å². The maximum absolute atomic E-state index is 4.63. The zero-order valence-electron chi connectivity index (χ0n) is 15.5. The summed E-state index contributed by atoms with van der Waals surface area (Å²) in [6, 6.07) is 4.65. The SMILES string of the molecule is CC(C)(C)c1ncc(-c2ccc(C(C)(C)C)c3c2CCCC3)[nH]1.[HH]. The molecule has 0 atom stereocenters. The van der Waals surface area contributed by atoms with Crippen LogP contribution in [0.5, 0.6) is 0 Å². The molecule has 0 fully saturated rings. The molecule has 0 saturated carbocycles. The molecule has 1 aromatic heterocycles. The number of aromatic amines is 1. The monoisotopic (exact) mass is 312 g/mol. The molecule has 126 valence electrons. The van der Waals surface area contributed by atoms with E-state index in [0.717, 1.165) is 5.82 Å². The van der Waals surface area contributed by atoms with Crippen molar-refractivity contribution in [3.63, 3.8) is 0 Å². The van der Waals surface area contributed by atoms with E-state index in [9.17, 15) is 0 Å². The van der Waals surface area contributed by atoms with Crippen LogP contribution in [-0.2, 0) is 23.7 Å². The molecule has 3 rings (SSSR count). The minimum Gasteiger partial charge on any atom is -0.342 e. The standard InChI is InChI=1S/C21H30N2.H2/c1-20(2,3)17-12-11-16(14-9-7-8-10-15(14)17)18-13-22-19(23-18)21(4,5)6;/h11-13H,7-10H2,1-6H3,(H,22,23);1H. The topological polar surface area (TPSA) is 28.7 Å². The fourth-order valence-electron chi connectivity index (χ4n) is 3.66. The molecule has 1 aliphatic rings. The number of rotatable bonds is 1. The summed E-state index contributed by atoms with van der Waals surface area (Å²) in [5, 5.41) is 0. The number of imidazole rings is 1. The van der Waals surface area contributed by atoms with Gasteiger partial charge in [-0.25, -0.2) is 4.98 Å². The van der Waals surface area contributed by atoms with Crippen molar-refractivity contribution in [3.8, 4) is 11.3 Å². The fraction of sp³-hybridized carbons (Fsp3) is 0.571. The van der Waals surface area contributed by atoms with Gasteiger partial charge in [0, 0.05) is 12.4 Å². The molecule has 1 aliphatic carbocycles. The number of aromatic nitrogens is 2. The van der Waals surface area contributed by atoms with E-state index >= 15 is 0 Å². The highest BCUT2D eigenvalue weighted by atomic mass is 14.9. The number of hydrogen-bond acceptors (Lipinski definition) is 1. The van der Waals surface area contributed by atoms with E-state index in [1.165, 1.54) is 42.5 Å². The third kappa shape index (κ3) is 3.08. The zero-order chi connectivity index (χ0) is 16.8. The lowest BCUT2D eigenvalue weighted by Crippen LogP contribution is -2.18. The lowest BCUT2D eigenvalue weighted by molar-refractivity contribution is 0.553. The van der Waals surface area contributed by atoms with Crippen molar-refractivity contribution in [1.82, 2.24) is 9.97 Å². The first-order valence-electron chi connectivity index (χ1n) is 8.89. The lowest BCUT2D eigenvalue weighted by Gasteiger charge is -2.29. The summed E-state index contributed by atoms with van der Waals surface area (Å²) >= 11 is 0. The van der Waals surface area contributed by atoms with Crippen molar-refractivity contribution in [3.05, 3.63) is 40.8 Å². The second kappa shape index (κ2) is 5.51. The van der Waals surface area contributed by atoms with Gasteiger partial charge in [0.1, 0.15) is 5.82 Å². The van der Waals surface area contributed by atoms with Gasteiger partial charge in [-0.2, -0.15) is 0 Å². The molecule has 1 N–H and O–H groups in total. The van der Waals surface area contributed by atoms with Gasteiger partial charge in [0.2, 0.25) is 0 Å². The molecule has 2 nitrogen and oxygen atoms in total. The van der Waals surface area contributed by atoms with Gasteiger partial charge in [0.15, 0.2) is 0 Å². The third-order valence-corrected chi connectivity index (χ3v) is 4.92. The molecular weight excluding hydrogens is 280 g/mol. The number of fused-ring (bicyclic) bond motifs is 1. The van der Waals surface area contributed by atoms with E-state index in [1.54, 1.807) is 11.1 Å². The normalized spacial score (nSPS) is 15.6. The number of H-pyrrole nitrogens is 1.